The molecular formula is C16H19N3O2S2. The molecule has 0 aliphatic heterocycles. The molecule has 0 aliphatic rings. The minimum atomic E-state index is 0.416. The summed E-state index contributed by atoms with van der Waals surface area (Å²) in [5, 5.41) is 9.89. The summed E-state index contributed by atoms with van der Waals surface area (Å²) < 4.78 is 10.5. The molecule has 0 aliphatic carbocycles. The molecule has 7 heteroatoms. The van der Waals surface area contributed by atoms with Crippen molar-refractivity contribution in [2.75, 3.05) is 19.5 Å². The molecule has 0 unspecified atom stereocenters. The smallest absolute Gasteiger partial charge is 0.191 e. The zero-order valence-corrected chi connectivity index (χ0v) is 14.9. The molecule has 2 rings (SSSR count). The SMILES string of the molecule is CC/C(=N/NC(=S)Nc1ccc(OC)c(OC)c1)c1cccs1. The van der Waals surface area contributed by atoms with Crippen molar-refractivity contribution in [1.29, 1.82) is 0 Å². The van der Waals surface area contributed by atoms with Gasteiger partial charge in [0.1, 0.15) is 0 Å². The highest BCUT2D eigenvalue weighted by Gasteiger charge is 2.06. The molecular weight excluding hydrogens is 330 g/mol. The van der Waals surface area contributed by atoms with E-state index in [1.54, 1.807) is 25.6 Å². The fraction of sp³-hybridized carbons (Fsp3) is 0.250. The Labute approximate surface area is 145 Å². The Hall–Kier alpha value is -2.12. The highest BCUT2D eigenvalue weighted by Crippen LogP contribution is 2.29. The zero-order chi connectivity index (χ0) is 16.7. The molecule has 0 fully saturated rings. The quantitative estimate of drug-likeness (QED) is 0.471. The number of rotatable bonds is 6. The fourth-order valence-electron chi connectivity index (χ4n) is 1.94. The lowest BCUT2D eigenvalue weighted by Gasteiger charge is -2.12. The third-order valence-electron chi connectivity index (χ3n) is 3.07. The summed E-state index contributed by atoms with van der Waals surface area (Å²) in [6, 6.07) is 9.54. The minimum Gasteiger partial charge on any atom is -0.493 e. The average Bonchev–Trinajstić information content (AvgIpc) is 3.09. The first-order valence-corrected chi connectivity index (χ1v) is 8.36. The number of methoxy groups -OCH3 is 2. The van der Waals surface area contributed by atoms with Gasteiger partial charge in [0, 0.05) is 11.8 Å². The highest BCUT2D eigenvalue weighted by molar-refractivity contribution is 7.80. The number of thiophene rings is 1. The van der Waals surface area contributed by atoms with Crippen LogP contribution in [0.1, 0.15) is 18.2 Å². The maximum absolute atomic E-state index is 5.27. The van der Waals surface area contributed by atoms with Gasteiger partial charge in [0.2, 0.25) is 0 Å². The van der Waals surface area contributed by atoms with Gasteiger partial charge in [-0.05, 0) is 42.2 Å². The van der Waals surface area contributed by atoms with Crippen LogP contribution in [-0.4, -0.2) is 25.0 Å². The van der Waals surface area contributed by atoms with Crippen LogP contribution in [0, 0.1) is 0 Å². The summed E-state index contributed by atoms with van der Waals surface area (Å²) in [6.07, 6.45) is 0.826. The average molecular weight is 349 g/mol. The Balaban J connectivity index is 2.02. The topological polar surface area (TPSA) is 54.9 Å². The summed E-state index contributed by atoms with van der Waals surface area (Å²) in [5.74, 6) is 1.30. The van der Waals surface area contributed by atoms with Gasteiger partial charge >= 0.3 is 0 Å². The van der Waals surface area contributed by atoms with E-state index in [9.17, 15) is 0 Å². The largest absolute Gasteiger partial charge is 0.493 e. The standard InChI is InChI=1S/C16H19N3O2S2/c1-4-12(15-6-5-9-23-15)18-19-16(22)17-11-7-8-13(20-2)14(10-11)21-3/h5-10H,4H2,1-3H3,(H2,17,19,22)/b18-12-. The molecule has 1 aromatic carbocycles. The summed E-state index contributed by atoms with van der Waals surface area (Å²) in [6.45, 7) is 2.06. The van der Waals surface area contributed by atoms with Crippen LogP contribution >= 0.6 is 23.6 Å². The molecule has 0 saturated heterocycles. The van der Waals surface area contributed by atoms with E-state index in [0.29, 0.717) is 16.6 Å². The van der Waals surface area contributed by atoms with E-state index < -0.39 is 0 Å². The molecule has 0 saturated carbocycles. The van der Waals surface area contributed by atoms with E-state index in [-0.39, 0.29) is 0 Å². The number of nitrogens with zero attached hydrogens (tertiary/aromatic N) is 1. The molecule has 0 bridgehead atoms. The molecule has 23 heavy (non-hydrogen) atoms. The maximum Gasteiger partial charge on any atom is 0.191 e. The van der Waals surface area contributed by atoms with Gasteiger partial charge in [-0.15, -0.1) is 11.3 Å². The van der Waals surface area contributed by atoms with Crippen molar-refractivity contribution in [2.24, 2.45) is 5.10 Å². The molecule has 0 atom stereocenters. The number of benzene rings is 1. The number of hydrazone groups is 1. The summed E-state index contributed by atoms with van der Waals surface area (Å²) in [5.41, 5.74) is 4.64. The molecule has 1 aromatic heterocycles. The van der Waals surface area contributed by atoms with Crippen molar-refractivity contribution in [3.63, 3.8) is 0 Å². The van der Waals surface area contributed by atoms with Gasteiger partial charge in [0.15, 0.2) is 16.6 Å². The lowest BCUT2D eigenvalue weighted by molar-refractivity contribution is 0.355. The normalized spacial score (nSPS) is 11.0. The molecule has 0 amide bonds. The Kier molecular flexibility index (Phi) is 6.37. The Morgan fingerprint density at radius 3 is 2.61 bits per heavy atom. The molecule has 5 nitrogen and oxygen atoms in total. The Morgan fingerprint density at radius 2 is 2.00 bits per heavy atom. The second-order valence-electron chi connectivity index (χ2n) is 4.53. The van der Waals surface area contributed by atoms with Crippen molar-refractivity contribution in [2.45, 2.75) is 13.3 Å². The number of thiocarbonyl (C=S) groups is 1. The number of anilines is 1. The van der Waals surface area contributed by atoms with Gasteiger partial charge in [-0.25, -0.2) is 0 Å². The van der Waals surface area contributed by atoms with Crippen molar-refractivity contribution < 1.29 is 9.47 Å². The maximum atomic E-state index is 5.27. The van der Waals surface area contributed by atoms with Crippen LogP contribution in [0.15, 0.2) is 40.8 Å². The predicted octanol–water partition coefficient (Wildman–Crippen LogP) is 3.87. The molecule has 2 aromatic rings. The van der Waals surface area contributed by atoms with Gasteiger partial charge in [0.25, 0.3) is 0 Å². The summed E-state index contributed by atoms with van der Waals surface area (Å²) in [7, 11) is 3.19. The van der Waals surface area contributed by atoms with Gasteiger partial charge in [-0.3, -0.25) is 5.43 Å². The fourth-order valence-corrected chi connectivity index (χ4v) is 2.89. The van der Waals surface area contributed by atoms with Crippen LogP contribution < -0.4 is 20.2 Å². The summed E-state index contributed by atoms with van der Waals surface area (Å²) >= 11 is 6.93. The second kappa shape index (κ2) is 8.50. The van der Waals surface area contributed by atoms with Crippen LogP contribution in [-0.2, 0) is 0 Å². The van der Waals surface area contributed by atoms with Gasteiger partial charge in [-0.2, -0.15) is 5.10 Å². The third-order valence-corrected chi connectivity index (χ3v) is 4.19. The van der Waals surface area contributed by atoms with E-state index in [2.05, 4.69) is 22.8 Å². The number of ether oxygens (including phenoxy) is 2. The Morgan fingerprint density at radius 1 is 1.22 bits per heavy atom. The van der Waals surface area contributed by atoms with E-state index in [1.807, 2.05) is 35.7 Å². The zero-order valence-electron chi connectivity index (χ0n) is 13.3. The van der Waals surface area contributed by atoms with Crippen LogP contribution in [0.3, 0.4) is 0 Å². The molecule has 2 N–H and O–H groups in total. The second-order valence-corrected chi connectivity index (χ2v) is 5.88. The van der Waals surface area contributed by atoms with E-state index >= 15 is 0 Å². The van der Waals surface area contributed by atoms with Crippen molar-refractivity contribution in [3.05, 3.63) is 40.6 Å². The molecule has 122 valence electrons. The van der Waals surface area contributed by atoms with E-state index in [0.717, 1.165) is 22.7 Å². The van der Waals surface area contributed by atoms with E-state index in [1.165, 1.54) is 0 Å². The van der Waals surface area contributed by atoms with Crippen LogP contribution in [0.2, 0.25) is 0 Å². The first-order valence-electron chi connectivity index (χ1n) is 7.07. The Bertz CT molecular complexity index is 685. The lowest BCUT2D eigenvalue weighted by Crippen LogP contribution is -2.25. The van der Waals surface area contributed by atoms with Crippen molar-refractivity contribution >= 4 is 40.1 Å². The van der Waals surface area contributed by atoms with E-state index in [4.69, 9.17) is 21.7 Å². The monoisotopic (exact) mass is 349 g/mol. The molecule has 1 heterocycles. The minimum absolute atomic E-state index is 0.416. The first kappa shape index (κ1) is 17.2. The van der Waals surface area contributed by atoms with Crippen LogP contribution in [0.5, 0.6) is 11.5 Å². The highest BCUT2D eigenvalue weighted by atomic mass is 32.1. The first-order chi connectivity index (χ1) is 11.2. The van der Waals surface area contributed by atoms with Gasteiger partial charge < -0.3 is 14.8 Å². The van der Waals surface area contributed by atoms with Crippen LogP contribution in [0.4, 0.5) is 5.69 Å². The van der Waals surface area contributed by atoms with Crippen molar-refractivity contribution in [3.8, 4) is 11.5 Å². The summed E-state index contributed by atoms with van der Waals surface area (Å²) in [4.78, 5) is 1.13. The predicted molar refractivity (Wildman–Crippen MR) is 100 cm³/mol. The molecule has 0 radical (unpaired) electrons. The van der Waals surface area contributed by atoms with Gasteiger partial charge in [0.05, 0.1) is 24.8 Å². The number of nitrogens with one attached hydrogen (secondary N) is 2. The van der Waals surface area contributed by atoms with Gasteiger partial charge in [-0.1, -0.05) is 13.0 Å². The van der Waals surface area contributed by atoms with Crippen molar-refractivity contribution in [1.82, 2.24) is 5.43 Å². The third kappa shape index (κ3) is 4.67. The molecule has 0 spiro atoms. The van der Waals surface area contributed by atoms with Crippen LogP contribution in [0.25, 0.3) is 0 Å². The number of hydrogen-bond donors (Lipinski definition) is 2. The number of hydrogen-bond acceptors (Lipinski definition) is 5. The lowest BCUT2D eigenvalue weighted by atomic mass is 10.2.